The molecule has 3 N–H and O–H groups in total. The molecule has 2 rings (SSSR count). The van der Waals surface area contributed by atoms with Gasteiger partial charge < -0.3 is 4.74 Å². The molecule has 0 atom stereocenters. The third kappa shape index (κ3) is 3.32. The highest BCUT2D eigenvalue weighted by atomic mass is 16.5. The van der Waals surface area contributed by atoms with E-state index in [0.29, 0.717) is 13.2 Å². The minimum atomic E-state index is 0.583. The molecule has 0 bridgehead atoms. The van der Waals surface area contributed by atoms with Crippen molar-refractivity contribution in [3.63, 3.8) is 0 Å². The number of hydrogen-bond acceptors (Lipinski definition) is 3. The molecular weight excluding hydrogens is 224 g/mol. The van der Waals surface area contributed by atoms with E-state index in [-0.39, 0.29) is 0 Å². The molecule has 3 nitrogen and oxygen atoms in total. The van der Waals surface area contributed by atoms with Gasteiger partial charge in [-0.05, 0) is 35.7 Å². The molecular formula is C15H18N2O. The van der Waals surface area contributed by atoms with Crippen molar-refractivity contribution in [1.29, 1.82) is 0 Å². The van der Waals surface area contributed by atoms with Gasteiger partial charge in [-0.3, -0.25) is 11.3 Å². The summed E-state index contributed by atoms with van der Waals surface area (Å²) in [6.45, 7) is 3.29. The van der Waals surface area contributed by atoms with E-state index in [9.17, 15) is 0 Å². The molecule has 2 aromatic carbocycles. The first-order valence-corrected chi connectivity index (χ1v) is 5.99. The van der Waals surface area contributed by atoms with Gasteiger partial charge in [0.1, 0.15) is 12.4 Å². The second kappa shape index (κ2) is 6.19. The van der Waals surface area contributed by atoms with Crippen molar-refractivity contribution >= 4 is 0 Å². The minimum absolute atomic E-state index is 0.583. The Hall–Kier alpha value is -1.84. The quantitative estimate of drug-likeness (QED) is 0.625. The Morgan fingerprint density at radius 1 is 1.11 bits per heavy atom. The minimum Gasteiger partial charge on any atom is -0.489 e. The Kier molecular flexibility index (Phi) is 4.34. The fraction of sp³-hybridized carbons (Fsp3) is 0.200. The third-order valence-electron chi connectivity index (χ3n) is 2.86. The van der Waals surface area contributed by atoms with E-state index in [0.717, 1.165) is 16.9 Å². The van der Waals surface area contributed by atoms with Crippen molar-refractivity contribution < 1.29 is 4.74 Å². The number of hydrogen-bond donors (Lipinski definition) is 2. The Morgan fingerprint density at radius 3 is 2.61 bits per heavy atom. The lowest BCUT2D eigenvalue weighted by Crippen LogP contribution is -2.21. The normalized spacial score (nSPS) is 10.3. The maximum Gasteiger partial charge on any atom is 0.120 e. The van der Waals surface area contributed by atoms with Crippen LogP contribution in [0.25, 0.3) is 0 Å². The van der Waals surface area contributed by atoms with Gasteiger partial charge in [-0.15, -0.1) is 0 Å². The molecule has 2 aromatic rings. The van der Waals surface area contributed by atoms with Gasteiger partial charge in [0.05, 0.1) is 0 Å². The van der Waals surface area contributed by atoms with Gasteiger partial charge in [-0.25, -0.2) is 0 Å². The highest BCUT2D eigenvalue weighted by Gasteiger charge is 2.01. The van der Waals surface area contributed by atoms with Crippen LogP contribution < -0.4 is 16.0 Å². The molecule has 94 valence electrons. The molecule has 0 aliphatic rings. The van der Waals surface area contributed by atoms with Crippen LogP contribution in [0.1, 0.15) is 16.7 Å². The summed E-state index contributed by atoms with van der Waals surface area (Å²) in [6, 6.07) is 16.2. The van der Waals surface area contributed by atoms with Crippen LogP contribution in [0.15, 0.2) is 48.5 Å². The topological polar surface area (TPSA) is 47.3 Å². The molecule has 18 heavy (non-hydrogen) atoms. The van der Waals surface area contributed by atoms with Gasteiger partial charge in [0.2, 0.25) is 0 Å². The van der Waals surface area contributed by atoms with Crippen LogP contribution in [0.2, 0.25) is 0 Å². The molecule has 0 aliphatic heterocycles. The number of aryl methyl sites for hydroxylation is 1. The zero-order chi connectivity index (χ0) is 12.8. The maximum atomic E-state index is 5.77. The van der Waals surface area contributed by atoms with E-state index in [1.807, 2.05) is 36.4 Å². The van der Waals surface area contributed by atoms with Crippen LogP contribution in [0.3, 0.4) is 0 Å². The van der Waals surface area contributed by atoms with Crippen molar-refractivity contribution in [2.45, 2.75) is 20.1 Å². The van der Waals surface area contributed by atoms with Gasteiger partial charge in [0, 0.05) is 6.54 Å². The van der Waals surface area contributed by atoms with E-state index in [1.54, 1.807) is 0 Å². The maximum absolute atomic E-state index is 5.77. The number of ether oxygens (including phenoxy) is 1. The predicted molar refractivity (Wildman–Crippen MR) is 73.0 cm³/mol. The fourth-order valence-electron chi connectivity index (χ4n) is 1.78. The van der Waals surface area contributed by atoms with Crippen molar-refractivity contribution in [3.8, 4) is 5.75 Å². The van der Waals surface area contributed by atoms with Gasteiger partial charge in [0.15, 0.2) is 0 Å². The van der Waals surface area contributed by atoms with Crippen LogP contribution in [-0.2, 0) is 13.2 Å². The summed E-state index contributed by atoms with van der Waals surface area (Å²) in [5.41, 5.74) is 6.20. The molecule has 0 saturated carbocycles. The largest absolute Gasteiger partial charge is 0.489 e. The molecule has 3 heteroatoms. The highest BCUT2D eigenvalue weighted by molar-refractivity contribution is 5.35. The van der Waals surface area contributed by atoms with Gasteiger partial charge in [-0.1, -0.05) is 36.4 Å². The van der Waals surface area contributed by atoms with Crippen molar-refractivity contribution in [2.75, 3.05) is 0 Å². The fourth-order valence-corrected chi connectivity index (χ4v) is 1.78. The number of rotatable bonds is 5. The first-order chi connectivity index (χ1) is 8.79. The molecule has 0 radical (unpaired) electrons. The van der Waals surface area contributed by atoms with Crippen LogP contribution in [0.4, 0.5) is 0 Å². The van der Waals surface area contributed by atoms with Crippen LogP contribution in [-0.4, -0.2) is 0 Å². The number of hydrazine groups is 1. The average Bonchev–Trinajstić information content (AvgIpc) is 2.41. The third-order valence-corrected chi connectivity index (χ3v) is 2.86. The van der Waals surface area contributed by atoms with Crippen molar-refractivity contribution in [2.24, 2.45) is 5.84 Å². The second-order valence-corrected chi connectivity index (χ2v) is 4.24. The smallest absolute Gasteiger partial charge is 0.120 e. The Labute approximate surface area is 108 Å². The lowest BCUT2D eigenvalue weighted by Gasteiger charge is -2.10. The van der Waals surface area contributed by atoms with Crippen LogP contribution >= 0.6 is 0 Å². The summed E-state index contributed by atoms with van der Waals surface area (Å²) in [5.74, 6) is 6.22. The second-order valence-electron chi connectivity index (χ2n) is 4.24. The predicted octanol–water partition coefficient (Wildman–Crippen LogP) is 2.54. The van der Waals surface area contributed by atoms with Crippen molar-refractivity contribution in [1.82, 2.24) is 5.43 Å². The van der Waals surface area contributed by atoms with Gasteiger partial charge in [0.25, 0.3) is 0 Å². The molecule has 0 amide bonds. The number of nitrogens with one attached hydrogen (secondary N) is 1. The summed E-state index contributed by atoms with van der Waals surface area (Å²) in [6.07, 6.45) is 0. The zero-order valence-electron chi connectivity index (χ0n) is 10.5. The Morgan fingerprint density at radius 2 is 1.89 bits per heavy atom. The first-order valence-electron chi connectivity index (χ1n) is 5.99. The Bertz CT molecular complexity index is 497. The van der Waals surface area contributed by atoms with Crippen molar-refractivity contribution in [3.05, 3.63) is 65.2 Å². The summed E-state index contributed by atoms with van der Waals surface area (Å²) < 4.78 is 5.77. The highest BCUT2D eigenvalue weighted by Crippen LogP contribution is 2.18. The van der Waals surface area contributed by atoms with E-state index >= 15 is 0 Å². The van der Waals surface area contributed by atoms with Gasteiger partial charge in [-0.2, -0.15) is 0 Å². The molecule has 0 aromatic heterocycles. The van der Waals surface area contributed by atoms with Gasteiger partial charge >= 0.3 is 0 Å². The van der Waals surface area contributed by atoms with E-state index in [4.69, 9.17) is 10.6 Å². The summed E-state index contributed by atoms with van der Waals surface area (Å²) in [5, 5.41) is 0. The number of nitrogens with two attached hydrogens (primary N) is 1. The summed E-state index contributed by atoms with van der Waals surface area (Å²) in [7, 11) is 0. The lowest BCUT2D eigenvalue weighted by atomic mass is 10.1. The summed E-state index contributed by atoms with van der Waals surface area (Å²) in [4.78, 5) is 0. The van der Waals surface area contributed by atoms with Crippen LogP contribution in [0.5, 0.6) is 5.75 Å². The molecule has 0 heterocycles. The van der Waals surface area contributed by atoms with Crippen LogP contribution in [0, 0.1) is 6.92 Å². The van der Waals surface area contributed by atoms with E-state index < -0.39 is 0 Å². The number of benzene rings is 2. The SMILES string of the molecule is Cc1ccc(OCc2ccccc2)cc1CNN. The summed E-state index contributed by atoms with van der Waals surface area (Å²) >= 11 is 0. The first kappa shape index (κ1) is 12.6. The average molecular weight is 242 g/mol. The standard InChI is InChI=1S/C15H18N2O/c1-12-7-8-15(9-14(12)10-17-16)18-11-13-5-3-2-4-6-13/h2-9,17H,10-11,16H2,1H3. The zero-order valence-corrected chi connectivity index (χ0v) is 10.5. The molecule has 0 fully saturated rings. The van der Waals surface area contributed by atoms with E-state index in [2.05, 4.69) is 24.5 Å². The molecule has 0 unspecified atom stereocenters. The Balaban J connectivity index is 2.03. The molecule has 0 spiro atoms. The monoisotopic (exact) mass is 242 g/mol. The van der Waals surface area contributed by atoms with E-state index in [1.165, 1.54) is 5.56 Å². The lowest BCUT2D eigenvalue weighted by molar-refractivity contribution is 0.306. The molecule has 0 saturated heterocycles. The molecule has 0 aliphatic carbocycles.